The normalized spacial score (nSPS) is 15.4. The molecule has 1 heterocycles. The maximum absolute atomic E-state index is 15.0. The fourth-order valence-corrected chi connectivity index (χ4v) is 5.80. The van der Waals surface area contributed by atoms with E-state index in [1.54, 1.807) is 37.2 Å². The molecule has 8 heteroatoms. The van der Waals surface area contributed by atoms with Crippen molar-refractivity contribution in [1.29, 1.82) is 0 Å². The number of amides is 1. The zero-order valence-corrected chi connectivity index (χ0v) is 23.4. The standard InChI is InChI=1S/C32H33ClFN3O3/c1-39-24-15-13-21(14-16-24)29(32(38)36-23-11-7-4-8-12-23)37-20-19-35-31(37)27-25(17-18-26(34)28(27)33)30(40-2)22-9-5-3-6-10-22/h3,5-6,9-10,13-20,23,29-30H,4,7-8,11-12H2,1-2H3,(H,36,38). The van der Waals surface area contributed by atoms with Gasteiger partial charge in [-0.2, -0.15) is 0 Å². The van der Waals surface area contributed by atoms with Gasteiger partial charge >= 0.3 is 0 Å². The number of benzene rings is 3. The van der Waals surface area contributed by atoms with E-state index in [0.717, 1.165) is 36.8 Å². The quantitative estimate of drug-likeness (QED) is 0.236. The zero-order chi connectivity index (χ0) is 28.1. The molecule has 0 saturated heterocycles. The molecule has 2 atom stereocenters. The van der Waals surface area contributed by atoms with Crippen LogP contribution >= 0.6 is 11.6 Å². The first-order valence-electron chi connectivity index (χ1n) is 13.5. The van der Waals surface area contributed by atoms with E-state index < -0.39 is 18.0 Å². The molecule has 1 aliphatic carbocycles. The fraction of sp³-hybridized carbons (Fsp3) is 0.312. The maximum Gasteiger partial charge on any atom is 0.247 e. The minimum atomic E-state index is -0.768. The zero-order valence-electron chi connectivity index (χ0n) is 22.6. The van der Waals surface area contributed by atoms with E-state index in [4.69, 9.17) is 21.1 Å². The lowest BCUT2D eigenvalue weighted by Gasteiger charge is -2.28. The molecule has 4 aromatic rings. The van der Waals surface area contributed by atoms with Crippen LogP contribution in [0.25, 0.3) is 11.4 Å². The molecular weight excluding hydrogens is 529 g/mol. The van der Waals surface area contributed by atoms with Crippen LogP contribution in [0.4, 0.5) is 4.39 Å². The molecule has 3 aromatic carbocycles. The molecule has 208 valence electrons. The highest BCUT2D eigenvalue weighted by Gasteiger charge is 2.31. The number of hydrogen-bond donors (Lipinski definition) is 1. The molecular formula is C32H33ClFN3O3. The summed E-state index contributed by atoms with van der Waals surface area (Å²) in [5.41, 5.74) is 2.66. The molecule has 1 fully saturated rings. The van der Waals surface area contributed by atoms with Crippen LogP contribution in [-0.4, -0.2) is 35.7 Å². The minimum absolute atomic E-state index is 0.0795. The number of methoxy groups -OCH3 is 2. The van der Waals surface area contributed by atoms with Crippen LogP contribution < -0.4 is 10.1 Å². The largest absolute Gasteiger partial charge is 0.497 e. The third kappa shape index (κ3) is 5.76. The van der Waals surface area contributed by atoms with Crippen LogP contribution in [0.3, 0.4) is 0 Å². The van der Waals surface area contributed by atoms with E-state index in [1.165, 1.54) is 12.5 Å². The SMILES string of the molecule is COc1ccc(C(C(=O)NC2CCCCC2)n2ccnc2-c2c(C(OC)c3ccccc3)ccc(F)c2Cl)cc1. The number of aromatic nitrogens is 2. The van der Waals surface area contributed by atoms with Gasteiger partial charge < -0.3 is 19.4 Å². The van der Waals surface area contributed by atoms with Gasteiger partial charge in [0.1, 0.15) is 29.5 Å². The van der Waals surface area contributed by atoms with Crippen molar-refractivity contribution in [2.24, 2.45) is 0 Å². The molecule has 5 rings (SSSR count). The first-order valence-corrected chi connectivity index (χ1v) is 13.9. The summed E-state index contributed by atoms with van der Waals surface area (Å²) in [6.45, 7) is 0. The van der Waals surface area contributed by atoms with Gasteiger partial charge in [-0.15, -0.1) is 0 Å². The van der Waals surface area contributed by atoms with Crippen molar-refractivity contribution in [3.63, 3.8) is 0 Å². The fourth-order valence-electron chi connectivity index (χ4n) is 5.55. The summed E-state index contributed by atoms with van der Waals surface area (Å²) in [7, 11) is 3.20. The molecule has 0 radical (unpaired) electrons. The average Bonchev–Trinajstić information content (AvgIpc) is 3.45. The number of ether oxygens (including phenoxy) is 2. The Morgan fingerprint density at radius 1 is 1.00 bits per heavy atom. The number of carbonyl (C=O) groups excluding carboxylic acids is 1. The van der Waals surface area contributed by atoms with Crippen molar-refractivity contribution in [1.82, 2.24) is 14.9 Å². The molecule has 1 aliphatic rings. The molecule has 2 unspecified atom stereocenters. The van der Waals surface area contributed by atoms with Crippen LogP contribution in [0.1, 0.15) is 60.9 Å². The van der Waals surface area contributed by atoms with Gasteiger partial charge in [0.25, 0.3) is 0 Å². The lowest BCUT2D eigenvalue weighted by atomic mass is 9.94. The van der Waals surface area contributed by atoms with Gasteiger partial charge in [0.15, 0.2) is 0 Å². The number of nitrogens with zero attached hydrogens (tertiary/aromatic N) is 2. The smallest absolute Gasteiger partial charge is 0.247 e. The number of hydrogen-bond acceptors (Lipinski definition) is 4. The highest BCUT2D eigenvalue weighted by molar-refractivity contribution is 6.33. The maximum atomic E-state index is 15.0. The predicted octanol–water partition coefficient (Wildman–Crippen LogP) is 7.13. The second-order valence-electron chi connectivity index (χ2n) is 10.0. The first-order chi connectivity index (χ1) is 19.5. The summed E-state index contributed by atoms with van der Waals surface area (Å²) in [6, 6.07) is 19.4. The molecule has 1 amide bonds. The van der Waals surface area contributed by atoms with E-state index in [0.29, 0.717) is 22.7 Å². The van der Waals surface area contributed by atoms with Crippen molar-refractivity contribution in [3.05, 3.63) is 107 Å². The average molecular weight is 562 g/mol. The summed E-state index contributed by atoms with van der Waals surface area (Å²) in [5.74, 6) is 0.321. The van der Waals surface area contributed by atoms with Crippen molar-refractivity contribution < 1.29 is 18.7 Å². The van der Waals surface area contributed by atoms with E-state index in [9.17, 15) is 4.79 Å². The Bertz CT molecular complexity index is 1440. The molecule has 40 heavy (non-hydrogen) atoms. The van der Waals surface area contributed by atoms with E-state index in [-0.39, 0.29) is 17.0 Å². The Labute approximate surface area is 239 Å². The van der Waals surface area contributed by atoms with Crippen LogP contribution in [0.2, 0.25) is 5.02 Å². The van der Waals surface area contributed by atoms with Gasteiger partial charge in [-0.3, -0.25) is 4.79 Å². The predicted molar refractivity (Wildman–Crippen MR) is 154 cm³/mol. The van der Waals surface area contributed by atoms with E-state index >= 15 is 4.39 Å². The molecule has 1 aromatic heterocycles. The lowest BCUT2D eigenvalue weighted by molar-refractivity contribution is -0.124. The molecule has 1 saturated carbocycles. The molecule has 0 spiro atoms. The Hall–Kier alpha value is -3.68. The van der Waals surface area contributed by atoms with Crippen molar-refractivity contribution >= 4 is 17.5 Å². The highest BCUT2D eigenvalue weighted by atomic mass is 35.5. The number of carbonyl (C=O) groups is 1. The van der Waals surface area contributed by atoms with Crippen molar-refractivity contribution in [2.45, 2.75) is 50.3 Å². The summed E-state index contributed by atoms with van der Waals surface area (Å²) >= 11 is 6.67. The van der Waals surface area contributed by atoms with Crippen LogP contribution in [0, 0.1) is 5.82 Å². The number of halogens is 2. The summed E-state index contributed by atoms with van der Waals surface area (Å²) < 4.78 is 28.0. The van der Waals surface area contributed by atoms with E-state index in [2.05, 4.69) is 10.3 Å². The summed E-state index contributed by atoms with van der Waals surface area (Å²) in [4.78, 5) is 18.6. The first kappa shape index (κ1) is 27.9. The third-order valence-corrected chi connectivity index (χ3v) is 7.92. The number of imidazole rings is 1. The van der Waals surface area contributed by atoms with Gasteiger partial charge in [0.2, 0.25) is 5.91 Å². The monoisotopic (exact) mass is 561 g/mol. The highest BCUT2D eigenvalue weighted by Crippen LogP contribution is 2.40. The lowest BCUT2D eigenvalue weighted by Crippen LogP contribution is -2.41. The summed E-state index contributed by atoms with van der Waals surface area (Å²) in [6.07, 6.45) is 8.07. The van der Waals surface area contributed by atoms with Gasteiger partial charge in [0, 0.05) is 31.1 Å². The van der Waals surface area contributed by atoms with Gasteiger partial charge in [-0.1, -0.05) is 79.4 Å². The van der Waals surface area contributed by atoms with Crippen molar-refractivity contribution in [2.75, 3.05) is 14.2 Å². The number of nitrogens with one attached hydrogen (secondary N) is 1. The van der Waals surface area contributed by atoms with Crippen LogP contribution in [-0.2, 0) is 9.53 Å². The molecule has 6 nitrogen and oxygen atoms in total. The Morgan fingerprint density at radius 2 is 1.73 bits per heavy atom. The minimum Gasteiger partial charge on any atom is -0.497 e. The van der Waals surface area contributed by atoms with Gasteiger partial charge in [-0.05, 0) is 47.7 Å². The third-order valence-electron chi connectivity index (χ3n) is 7.55. The Morgan fingerprint density at radius 3 is 2.40 bits per heavy atom. The summed E-state index contributed by atoms with van der Waals surface area (Å²) in [5, 5.41) is 3.18. The van der Waals surface area contributed by atoms with Gasteiger partial charge in [0.05, 0.1) is 12.1 Å². The molecule has 0 bridgehead atoms. The second-order valence-corrected chi connectivity index (χ2v) is 10.4. The van der Waals surface area contributed by atoms with Gasteiger partial charge in [-0.25, -0.2) is 9.37 Å². The number of rotatable bonds is 9. The van der Waals surface area contributed by atoms with Crippen LogP contribution in [0.15, 0.2) is 79.1 Å². The van der Waals surface area contributed by atoms with Crippen molar-refractivity contribution in [3.8, 4) is 17.1 Å². The van der Waals surface area contributed by atoms with Crippen LogP contribution in [0.5, 0.6) is 5.75 Å². The van der Waals surface area contributed by atoms with E-state index in [1.807, 2.05) is 54.6 Å². The second kappa shape index (κ2) is 12.7. The Balaban J connectivity index is 1.64. The molecule has 1 N–H and O–H groups in total. The topological polar surface area (TPSA) is 65.4 Å². The Kier molecular flexibility index (Phi) is 8.82. The molecule has 0 aliphatic heterocycles.